The van der Waals surface area contributed by atoms with Crippen LogP contribution in [0.1, 0.15) is 73.9 Å². The van der Waals surface area contributed by atoms with Gasteiger partial charge in [-0.05, 0) is 57.4 Å². The second kappa shape index (κ2) is 27.9. The second-order valence-electron chi connectivity index (χ2n) is 18.6. The molecule has 5 N–H and O–H groups in total. The highest BCUT2D eigenvalue weighted by Crippen LogP contribution is 2.50. The van der Waals surface area contributed by atoms with Crippen LogP contribution in [0.25, 0.3) is 0 Å². The molecule has 0 aliphatic carbocycles. The van der Waals surface area contributed by atoms with Gasteiger partial charge in [-0.2, -0.15) is 0 Å². The number of hydrogen-bond donors (Lipinski definition) is 5. The smallest absolute Gasteiger partial charge is 0.325 e. The second-order valence-corrected chi connectivity index (χ2v) is 21.1. The molecule has 6 rings (SSSR count). The lowest BCUT2D eigenvalue weighted by molar-refractivity contribution is -0.141. The Bertz CT molecular complexity index is 2540. The topological polar surface area (TPSA) is 163 Å². The zero-order valence-corrected chi connectivity index (χ0v) is 44.3. The van der Waals surface area contributed by atoms with Crippen LogP contribution >= 0.6 is 23.5 Å². The standard InChI is InChI=1S/C61H68N4O7S2/c1-43(2)55(58(70)62-41-54(68)72-5)65-57(69)52(42-74-61(48-32-18-9-19-33-48,49-34-20-10-21-35-49)50-36-22-11-23-37-50)63-59(71)56(44(3)4)64-53(67)40-51(66)38-24-25-39-73-60(45-26-12-6-13-27-45,46-28-14-7-15-29-46)47-30-16-8-17-31-47/h6-24,26-38,43-44,51-52,55-56,66H,25,39-42H2,1-5H3,(H,62,70)(H,63,71)(H,64,67)(H,65,69). The van der Waals surface area contributed by atoms with E-state index in [9.17, 15) is 29.1 Å². The van der Waals surface area contributed by atoms with Gasteiger partial charge in [-0.25, -0.2) is 0 Å². The molecule has 0 aromatic heterocycles. The van der Waals surface area contributed by atoms with Crippen molar-refractivity contribution in [1.82, 2.24) is 21.3 Å². The van der Waals surface area contributed by atoms with E-state index >= 15 is 0 Å². The summed E-state index contributed by atoms with van der Waals surface area (Å²) in [6, 6.07) is 57.6. The zero-order chi connectivity index (χ0) is 52.9. The Balaban J connectivity index is 1.19. The van der Waals surface area contributed by atoms with Crippen LogP contribution in [0.3, 0.4) is 0 Å². The third-order valence-corrected chi connectivity index (χ3v) is 15.9. The molecule has 0 bridgehead atoms. The van der Waals surface area contributed by atoms with Gasteiger partial charge in [0.2, 0.25) is 23.6 Å². The first-order valence-electron chi connectivity index (χ1n) is 25.0. The third-order valence-electron chi connectivity index (χ3n) is 12.7. The number of thioether (sulfide) groups is 2. The molecule has 4 atom stereocenters. The maximum Gasteiger partial charge on any atom is 0.325 e. The number of rotatable bonds is 26. The molecule has 13 heteroatoms. The Morgan fingerprint density at radius 2 is 0.905 bits per heavy atom. The minimum Gasteiger partial charge on any atom is -0.468 e. The molecule has 11 nitrogen and oxygen atoms in total. The zero-order valence-electron chi connectivity index (χ0n) is 42.7. The van der Waals surface area contributed by atoms with Crippen molar-refractivity contribution in [3.05, 3.63) is 228 Å². The molecule has 386 valence electrons. The largest absolute Gasteiger partial charge is 0.468 e. The number of methoxy groups -OCH3 is 1. The van der Waals surface area contributed by atoms with Crippen molar-refractivity contribution in [3.63, 3.8) is 0 Å². The number of allylic oxidation sites excluding steroid dienone is 1. The Hall–Kier alpha value is -6.93. The number of carbonyl (C=O) groups is 5. The third kappa shape index (κ3) is 14.6. The monoisotopic (exact) mass is 1030 g/mol. The molecule has 0 radical (unpaired) electrons. The molecule has 0 fully saturated rings. The molecule has 74 heavy (non-hydrogen) atoms. The Labute approximate surface area is 444 Å². The molecule has 4 amide bonds. The van der Waals surface area contributed by atoms with E-state index in [1.807, 2.05) is 115 Å². The van der Waals surface area contributed by atoms with Gasteiger partial charge >= 0.3 is 5.97 Å². The fourth-order valence-electron chi connectivity index (χ4n) is 8.88. The molecule has 0 heterocycles. The van der Waals surface area contributed by atoms with Gasteiger partial charge in [-0.15, -0.1) is 23.5 Å². The van der Waals surface area contributed by atoms with E-state index in [-0.39, 0.29) is 12.2 Å². The predicted octanol–water partition coefficient (Wildman–Crippen LogP) is 9.19. The van der Waals surface area contributed by atoms with Crippen molar-refractivity contribution in [2.24, 2.45) is 11.8 Å². The van der Waals surface area contributed by atoms with E-state index in [4.69, 9.17) is 4.74 Å². The first-order chi connectivity index (χ1) is 35.8. The molecule has 0 saturated heterocycles. The summed E-state index contributed by atoms with van der Waals surface area (Å²) in [4.78, 5) is 68.3. The van der Waals surface area contributed by atoms with Crippen LogP contribution in [0, 0.1) is 11.8 Å². The first-order valence-corrected chi connectivity index (χ1v) is 27.0. The van der Waals surface area contributed by atoms with Gasteiger partial charge in [0, 0.05) is 5.75 Å². The Morgan fingerprint density at radius 3 is 1.28 bits per heavy atom. The highest BCUT2D eigenvalue weighted by Gasteiger charge is 2.41. The summed E-state index contributed by atoms with van der Waals surface area (Å²) < 4.78 is 3.34. The Kier molecular flexibility index (Phi) is 21.3. The molecule has 6 aromatic carbocycles. The van der Waals surface area contributed by atoms with Crippen molar-refractivity contribution in [2.75, 3.05) is 25.2 Å². The normalized spacial score (nSPS) is 13.4. The van der Waals surface area contributed by atoms with E-state index in [1.54, 1.807) is 45.5 Å². The molecular weight excluding hydrogens is 965 g/mol. The van der Waals surface area contributed by atoms with E-state index in [1.165, 1.54) is 18.9 Å². The highest BCUT2D eigenvalue weighted by atomic mass is 32.2. The summed E-state index contributed by atoms with van der Waals surface area (Å²) in [6.45, 7) is 6.70. The van der Waals surface area contributed by atoms with Gasteiger partial charge in [-0.3, -0.25) is 24.0 Å². The van der Waals surface area contributed by atoms with Crippen LogP contribution in [-0.2, 0) is 38.2 Å². The summed E-state index contributed by atoms with van der Waals surface area (Å²) in [7, 11) is 1.21. The lowest BCUT2D eigenvalue weighted by atomic mass is 9.84. The quantitative estimate of drug-likeness (QED) is 0.0154. The minimum absolute atomic E-state index is 0.0224. The van der Waals surface area contributed by atoms with Gasteiger partial charge in [0.1, 0.15) is 24.7 Å². The van der Waals surface area contributed by atoms with Crippen molar-refractivity contribution in [2.45, 2.75) is 74.3 Å². The van der Waals surface area contributed by atoms with Crippen molar-refractivity contribution in [3.8, 4) is 0 Å². The highest BCUT2D eigenvalue weighted by molar-refractivity contribution is 8.00. The number of nitrogens with one attached hydrogen (secondary N) is 4. The lowest BCUT2D eigenvalue weighted by Crippen LogP contribution is -2.59. The van der Waals surface area contributed by atoms with Crippen LogP contribution in [0.5, 0.6) is 0 Å². The summed E-state index contributed by atoms with van der Waals surface area (Å²) >= 11 is 3.25. The van der Waals surface area contributed by atoms with Gasteiger partial charge < -0.3 is 31.1 Å². The van der Waals surface area contributed by atoms with Crippen molar-refractivity contribution >= 4 is 53.1 Å². The summed E-state index contributed by atoms with van der Waals surface area (Å²) in [5.74, 6) is -3.16. The van der Waals surface area contributed by atoms with E-state index in [0.29, 0.717) is 12.2 Å². The predicted molar refractivity (Wildman–Crippen MR) is 298 cm³/mol. The molecule has 0 aliphatic rings. The molecule has 0 spiro atoms. The summed E-state index contributed by atoms with van der Waals surface area (Å²) in [5.41, 5.74) is 6.26. The number of aliphatic hydroxyl groups excluding tert-OH is 1. The van der Waals surface area contributed by atoms with Crippen LogP contribution in [0.2, 0.25) is 0 Å². The molecule has 4 unspecified atom stereocenters. The number of carbonyl (C=O) groups excluding carboxylic acids is 5. The molecular formula is C61H68N4O7S2. The SMILES string of the molecule is COC(=O)CNC(=O)C(NC(=O)C(CSC(c1ccccc1)(c1ccccc1)c1ccccc1)NC(=O)C(NC(=O)CC(O)C=CCCSC(c1ccccc1)(c1ccccc1)c1ccccc1)C(C)C)C(C)C. The van der Waals surface area contributed by atoms with E-state index in [0.717, 1.165) is 33.4 Å². The summed E-state index contributed by atoms with van der Waals surface area (Å²) in [5, 5.41) is 22.3. The minimum atomic E-state index is -1.23. The van der Waals surface area contributed by atoms with Gasteiger partial charge in [-0.1, -0.05) is 222 Å². The average Bonchev–Trinajstić information content (AvgIpc) is 3.43. The number of aliphatic hydroxyl groups is 1. The van der Waals surface area contributed by atoms with Crippen molar-refractivity contribution in [1.29, 1.82) is 0 Å². The average molecular weight is 1030 g/mol. The van der Waals surface area contributed by atoms with Gasteiger partial charge in [0.15, 0.2) is 0 Å². The number of esters is 1. The molecule has 0 aliphatic heterocycles. The first kappa shape index (κ1) is 56.4. The van der Waals surface area contributed by atoms with E-state index < -0.39 is 81.7 Å². The molecule has 0 saturated carbocycles. The van der Waals surface area contributed by atoms with Crippen LogP contribution in [0.4, 0.5) is 0 Å². The van der Waals surface area contributed by atoms with Crippen LogP contribution < -0.4 is 21.3 Å². The maximum atomic E-state index is 14.7. The number of amides is 4. The summed E-state index contributed by atoms with van der Waals surface area (Å²) in [6.07, 6.45) is 2.67. The number of ether oxygens (including phenoxy) is 1. The fourth-order valence-corrected chi connectivity index (χ4v) is 11.9. The van der Waals surface area contributed by atoms with Crippen LogP contribution in [-0.4, -0.2) is 84.1 Å². The number of hydrogen-bond acceptors (Lipinski definition) is 9. The van der Waals surface area contributed by atoms with Crippen LogP contribution in [0.15, 0.2) is 194 Å². The Morgan fingerprint density at radius 1 is 0.527 bits per heavy atom. The lowest BCUT2D eigenvalue weighted by Gasteiger charge is -2.37. The van der Waals surface area contributed by atoms with E-state index in [2.05, 4.69) is 94.1 Å². The fraction of sp³-hybridized carbons (Fsp3) is 0.295. The van der Waals surface area contributed by atoms with Crippen molar-refractivity contribution < 1.29 is 33.8 Å². The van der Waals surface area contributed by atoms with Gasteiger partial charge in [0.25, 0.3) is 0 Å². The number of benzene rings is 6. The maximum absolute atomic E-state index is 14.7. The molecule has 6 aromatic rings. The van der Waals surface area contributed by atoms with Gasteiger partial charge in [0.05, 0.1) is 29.1 Å².